The van der Waals surface area contributed by atoms with E-state index in [4.69, 9.17) is 0 Å². The Morgan fingerprint density at radius 2 is 2.08 bits per heavy atom. The van der Waals surface area contributed by atoms with Gasteiger partial charge in [0.25, 0.3) is 5.78 Å². The Bertz CT molecular complexity index is 928. The highest BCUT2D eigenvalue weighted by Crippen LogP contribution is 2.18. The second-order valence-corrected chi connectivity index (χ2v) is 6.82. The quantitative estimate of drug-likeness (QED) is 0.704. The van der Waals surface area contributed by atoms with Gasteiger partial charge in [-0.05, 0) is 34.0 Å². The van der Waals surface area contributed by atoms with Crippen molar-refractivity contribution in [2.45, 2.75) is 45.3 Å². The summed E-state index contributed by atoms with van der Waals surface area (Å²) < 4.78 is 3.47. The Labute approximate surface area is 150 Å². The third kappa shape index (κ3) is 3.37. The number of carbonyl (C=O) groups is 1. The van der Waals surface area contributed by atoms with Gasteiger partial charge in [0, 0.05) is 29.1 Å². The first-order valence-corrected chi connectivity index (χ1v) is 9.23. The van der Waals surface area contributed by atoms with Crippen LogP contribution in [0, 0.1) is 13.8 Å². The lowest BCUT2D eigenvalue weighted by Gasteiger charge is -2.13. The van der Waals surface area contributed by atoms with E-state index < -0.39 is 0 Å². The van der Waals surface area contributed by atoms with E-state index in [1.54, 1.807) is 21.5 Å². The van der Waals surface area contributed by atoms with E-state index in [-0.39, 0.29) is 18.4 Å². The van der Waals surface area contributed by atoms with Crippen LogP contribution in [0.4, 0.5) is 5.82 Å². The molecule has 9 heteroatoms. The molecule has 8 nitrogen and oxygen atoms in total. The lowest BCUT2D eigenvalue weighted by molar-refractivity contribution is -0.115. The number of hydrogen-bond donors (Lipinski definition) is 1. The van der Waals surface area contributed by atoms with Gasteiger partial charge in [-0.2, -0.15) is 10.1 Å². The van der Waals surface area contributed by atoms with Crippen molar-refractivity contribution < 1.29 is 4.79 Å². The monoisotopic (exact) mass is 359 g/mol. The molecular weight excluding hydrogens is 338 g/mol. The largest absolute Gasteiger partial charge is 0.311 e. The van der Waals surface area contributed by atoms with Gasteiger partial charge in [0.15, 0.2) is 0 Å². The van der Waals surface area contributed by atoms with Gasteiger partial charge in [-0.1, -0.05) is 11.8 Å². The first kappa shape index (κ1) is 17.4. The van der Waals surface area contributed by atoms with Crippen molar-refractivity contribution in [3.63, 3.8) is 0 Å². The van der Waals surface area contributed by atoms with Gasteiger partial charge >= 0.3 is 0 Å². The van der Waals surface area contributed by atoms with Gasteiger partial charge in [0.2, 0.25) is 11.1 Å². The smallest absolute Gasteiger partial charge is 0.253 e. The van der Waals surface area contributed by atoms with Crippen molar-refractivity contribution in [1.82, 2.24) is 29.4 Å². The Morgan fingerprint density at radius 1 is 1.32 bits per heavy atom. The molecule has 25 heavy (non-hydrogen) atoms. The van der Waals surface area contributed by atoms with E-state index >= 15 is 0 Å². The second-order valence-electron chi connectivity index (χ2n) is 6.05. The Hall–Kier alpha value is -2.42. The zero-order chi connectivity index (χ0) is 18.1. The summed E-state index contributed by atoms with van der Waals surface area (Å²) in [5.74, 6) is 1.14. The molecule has 3 rings (SSSR count). The fraction of sp³-hybridized carbons (Fsp3) is 0.438. The number of anilines is 1. The number of thioether (sulfide) groups is 1. The molecule has 0 spiro atoms. The zero-order valence-electron chi connectivity index (χ0n) is 14.9. The summed E-state index contributed by atoms with van der Waals surface area (Å²) >= 11 is 1.46. The van der Waals surface area contributed by atoms with Crippen LogP contribution in [0.3, 0.4) is 0 Å². The molecule has 0 aliphatic rings. The molecule has 132 valence electrons. The Kier molecular flexibility index (Phi) is 4.76. The summed E-state index contributed by atoms with van der Waals surface area (Å²) in [6, 6.07) is 1.97. The normalized spacial score (nSPS) is 11.4. The third-order valence-electron chi connectivity index (χ3n) is 3.98. The molecule has 1 amide bonds. The van der Waals surface area contributed by atoms with Crippen LogP contribution in [0.1, 0.15) is 36.8 Å². The molecule has 0 radical (unpaired) electrons. The summed E-state index contributed by atoms with van der Waals surface area (Å²) in [6.07, 6.45) is 3.82. The van der Waals surface area contributed by atoms with Crippen LogP contribution in [0.15, 0.2) is 17.4 Å². The first-order chi connectivity index (χ1) is 11.9. The Morgan fingerprint density at radius 3 is 2.76 bits per heavy atom. The van der Waals surface area contributed by atoms with Crippen molar-refractivity contribution in [2.75, 3.05) is 11.6 Å². The van der Waals surface area contributed by atoms with E-state index in [0.29, 0.717) is 16.8 Å². The fourth-order valence-electron chi connectivity index (χ4n) is 2.70. The van der Waals surface area contributed by atoms with Crippen LogP contribution < -0.4 is 5.32 Å². The van der Waals surface area contributed by atoms with E-state index in [2.05, 4.69) is 25.5 Å². The molecule has 0 aliphatic carbocycles. The molecule has 0 saturated carbocycles. The van der Waals surface area contributed by atoms with Gasteiger partial charge in [-0.25, -0.2) is 14.2 Å². The van der Waals surface area contributed by atoms with Crippen molar-refractivity contribution in [1.29, 1.82) is 0 Å². The molecule has 0 unspecified atom stereocenters. The molecule has 0 saturated heterocycles. The predicted molar refractivity (Wildman–Crippen MR) is 97.0 cm³/mol. The van der Waals surface area contributed by atoms with Crippen LogP contribution in [0.2, 0.25) is 0 Å². The molecular formula is C16H21N7OS. The van der Waals surface area contributed by atoms with E-state index in [0.717, 1.165) is 17.0 Å². The highest BCUT2D eigenvalue weighted by atomic mass is 32.2. The number of rotatable bonds is 5. The number of amides is 1. The van der Waals surface area contributed by atoms with Gasteiger partial charge in [0.05, 0.1) is 12.6 Å². The van der Waals surface area contributed by atoms with E-state index in [1.807, 2.05) is 34.0 Å². The summed E-state index contributed by atoms with van der Waals surface area (Å²) in [6.45, 7) is 7.86. The molecule has 3 heterocycles. The average molecular weight is 359 g/mol. The lowest BCUT2D eigenvalue weighted by Crippen LogP contribution is -2.20. The van der Waals surface area contributed by atoms with Gasteiger partial charge in [-0.3, -0.25) is 4.79 Å². The molecule has 0 aliphatic heterocycles. The molecule has 0 bridgehead atoms. The fourth-order valence-corrected chi connectivity index (χ4v) is 3.04. The second kappa shape index (κ2) is 6.83. The number of aromatic nitrogens is 6. The summed E-state index contributed by atoms with van der Waals surface area (Å²) in [7, 11) is 0. The number of hydrogen-bond acceptors (Lipinski definition) is 6. The predicted octanol–water partition coefficient (Wildman–Crippen LogP) is 2.42. The minimum absolute atomic E-state index is 0.111. The van der Waals surface area contributed by atoms with Crippen LogP contribution in [-0.4, -0.2) is 41.5 Å². The molecule has 3 aromatic rings. The molecule has 3 aromatic heterocycles. The highest BCUT2D eigenvalue weighted by molar-refractivity contribution is 7.98. The zero-order valence-corrected chi connectivity index (χ0v) is 15.8. The third-order valence-corrected chi connectivity index (χ3v) is 4.51. The molecule has 1 N–H and O–H groups in total. The number of aryl methyl sites for hydroxylation is 2. The maximum absolute atomic E-state index is 12.5. The highest BCUT2D eigenvalue weighted by Gasteiger charge is 2.17. The SMILES string of the molecule is CSc1nc2nc(C)c(CC(=O)Nc3ccnn3C(C)C)c(C)n2n1. The number of nitrogens with one attached hydrogen (secondary N) is 1. The maximum Gasteiger partial charge on any atom is 0.253 e. The van der Waals surface area contributed by atoms with Crippen LogP contribution >= 0.6 is 11.8 Å². The van der Waals surface area contributed by atoms with Crippen molar-refractivity contribution in [3.8, 4) is 0 Å². The standard InChI is InChI=1S/C16H21N7OS/c1-9(2)22-13(6-7-17-22)19-14(24)8-12-10(3)18-15-20-16(25-5)21-23(15)11(12)4/h6-7,9H,8H2,1-5H3,(H,19,24). The Balaban J connectivity index is 1.87. The topological polar surface area (TPSA) is 90.0 Å². The number of carbonyl (C=O) groups excluding carboxylic acids is 1. The minimum Gasteiger partial charge on any atom is -0.311 e. The van der Waals surface area contributed by atoms with Crippen molar-refractivity contribution >= 4 is 29.3 Å². The average Bonchev–Trinajstić information content (AvgIpc) is 3.18. The van der Waals surface area contributed by atoms with Crippen LogP contribution in [-0.2, 0) is 11.2 Å². The molecule has 0 atom stereocenters. The van der Waals surface area contributed by atoms with Crippen LogP contribution in [0.25, 0.3) is 5.78 Å². The summed E-state index contributed by atoms with van der Waals surface area (Å²) in [5.41, 5.74) is 2.53. The number of fused-ring (bicyclic) bond motifs is 1. The number of nitrogens with zero attached hydrogens (tertiary/aromatic N) is 6. The maximum atomic E-state index is 12.5. The lowest BCUT2D eigenvalue weighted by atomic mass is 10.1. The molecule has 0 fully saturated rings. The van der Waals surface area contributed by atoms with Gasteiger partial charge in [-0.15, -0.1) is 5.10 Å². The van der Waals surface area contributed by atoms with Crippen LogP contribution in [0.5, 0.6) is 0 Å². The van der Waals surface area contributed by atoms with Crippen molar-refractivity contribution in [2.24, 2.45) is 0 Å². The van der Waals surface area contributed by atoms with Crippen molar-refractivity contribution in [3.05, 3.63) is 29.2 Å². The van der Waals surface area contributed by atoms with E-state index in [1.165, 1.54) is 11.8 Å². The van der Waals surface area contributed by atoms with Gasteiger partial charge in [0.1, 0.15) is 5.82 Å². The minimum atomic E-state index is -0.111. The first-order valence-electron chi connectivity index (χ1n) is 8.01. The summed E-state index contributed by atoms with van der Waals surface area (Å²) in [5, 5.41) is 12.2. The van der Waals surface area contributed by atoms with E-state index in [9.17, 15) is 4.79 Å². The van der Waals surface area contributed by atoms with Gasteiger partial charge < -0.3 is 5.32 Å². The molecule has 0 aromatic carbocycles. The summed E-state index contributed by atoms with van der Waals surface area (Å²) in [4.78, 5) is 21.4.